The summed E-state index contributed by atoms with van der Waals surface area (Å²) in [6.45, 7) is 2.68. The van der Waals surface area contributed by atoms with Crippen LogP contribution in [0.3, 0.4) is 0 Å². The van der Waals surface area contributed by atoms with Gasteiger partial charge in [-0.3, -0.25) is 14.4 Å². The molecule has 1 aliphatic rings. The minimum Gasteiger partial charge on any atom is -0.481 e. The first kappa shape index (κ1) is 14.3. The van der Waals surface area contributed by atoms with Crippen LogP contribution in [-0.2, 0) is 4.79 Å². The zero-order valence-electron chi connectivity index (χ0n) is 11.4. The molecular weight excluding hydrogens is 260 g/mol. The number of aromatic nitrogens is 1. The first-order valence-electron chi connectivity index (χ1n) is 6.70. The number of hydrogen-bond donors (Lipinski definition) is 2. The molecule has 2 rings (SSSR count). The number of aliphatic carboxylic acids is 1. The summed E-state index contributed by atoms with van der Waals surface area (Å²) in [5, 5.41) is 9.32. The largest absolute Gasteiger partial charge is 0.481 e. The highest BCUT2D eigenvalue weighted by Crippen LogP contribution is 2.35. The predicted molar refractivity (Wildman–Crippen MR) is 72.6 cm³/mol. The third-order valence-corrected chi connectivity index (χ3v) is 4.16. The van der Waals surface area contributed by atoms with Gasteiger partial charge in [-0.15, -0.1) is 0 Å². The molecule has 6 nitrogen and oxygen atoms in total. The molecule has 0 unspecified atom stereocenters. The van der Waals surface area contributed by atoms with E-state index in [1.54, 1.807) is 11.0 Å². The van der Waals surface area contributed by atoms with Crippen molar-refractivity contribution in [1.29, 1.82) is 0 Å². The number of H-pyrrole nitrogens is 1. The number of aromatic amines is 1. The van der Waals surface area contributed by atoms with Crippen molar-refractivity contribution in [2.24, 2.45) is 5.41 Å². The molecule has 0 atom stereocenters. The van der Waals surface area contributed by atoms with Crippen molar-refractivity contribution >= 4 is 11.9 Å². The lowest BCUT2D eigenvalue weighted by Gasteiger charge is -2.38. The number of carbonyl (C=O) groups excluding carboxylic acids is 1. The third-order valence-electron chi connectivity index (χ3n) is 4.16. The van der Waals surface area contributed by atoms with Crippen LogP contribution in [0.5, 0.6) is 0 Å². The van der Waals surface area contributed by atoms with Crippen molar-refractivity contribution in [3.63, 3.8) is 0 Å². The van der Waals surface area contributed by atoms with Crippen LogP contribution in [0.25, 0.3) is 0 Å². The number of pyridine rings is 1. The van der Waals surface area contributed by atoms with Crippen molar-refractivity contribution in [2.45, 2.75) is 26.2 Å². The SMILES string of the molecule is CCC1(C(=O)O)CCN(C(=O)c2cc[nH]c(=O)c2)CC1. The van der Waals surface area contributed by atoms with E-state index >= 15 is 0 Å². The average Bonchev–Trinajstić information content (AvgIpc) is 2.46. The molecule has 1 saturated heterocycles. The third kappa shape index (κ3) is 2.59. The second kappa shape index (κ2) is 5.48. The Balaban J connectivity index is 2.09. The smallest absolute Gasteiger partial charge is 0.309 e. The second-order valence-corrected chi connectivity index (χ2v) is 5.17. The maximum absolute atomic E-state index is 12.2. The molecule has 0 aliphatic carbocycles. The van der Waals surface area contributed by atoms with Gasteiger partial charge in [0.15, 0.2) is 0 Å². The molecule has 1 aromatic rings. The van der Waals surface area contributed by atoms with Crippen LogP contribution in [0.1, 0.15) is 36.5 Å². The van der Waals surface area contributed by atoms with E-state index in [9.17, 15) is 19.5 Å². The standard InChI is InChI=1S/C14H18N2O4/c1-2-14(13(19)20)4-7-16(8-5-14)12(18)10-3-6-15-11(17)9-10/h3,6,9H,2,4-5,7-8H2,1H3,(H,15,17)(H,19,20). The average molecular weight is 278 g/mol. The Bertz CT molecular complexity index is 571. The number of hydrogen-bond acceptors (Lipinski definition) is 3. The van der Waals surface area contributed by atoms with Crippen LogP contribution in [0.15, 0.2) is 23.1 Å². The van der Waals surface area contributed by atoms with Gasteiger partial charge in [0.1, 0.15) is 0 Å². The monoisotopic (exact) mass is 278 g/mol. The van der Waals surface area contributed by atoms with Gasteiger partial charge in [-0.05, 0) is 25.3 Å². The molecule has 0 saturated carbocycles. The lowest BCUT2D eigenvalue weighted by molar-refractivity contribution is -0.152. The fourth-order valence-corrected chi connectivity index (χ4v) is 2.62. The van der Waals surface area contributed by atoms with Crippen LogP contribution < -0.4 is 5.56 Å². The highest BCUT2D eigenvalue weighted by molar-refractivity contribution is 5.94. The van der Waals surface area contributed by atoms with Gasteiger partial charge in [0, 0.05) is 30.9 Å². The Hall–Kier alpha value is -2.11. The molecule has 1 aromatic heterocycles. The number of piperidine rings is 1. The molecule has 20 heavy (non-hydrogen) atoms. The molecule has 2 N–H and O–H groups in total. The normalized spacial score (nSPS) is 17.8. The summed E-state index contributed by atoms with van der Waals surface area (Å²) in [4.78, 5) is 38.9. The molecule has 0 aromatic carbocycles. The summed E-state index contributed by atoms with van der Waals surface area (Å²) in [6.07, 6.45) is 2.91. The van der Waals surface area contributed by atoms with Crippen LogP contribution in [0, 0.1) is 5.41 Å². The minimum atomic E-state index is -0.789. The summed E-state index contributed by atoms with van der Waals surface area (Å²) in [6, 6.07) is 2.82. The van der Waals surface area contributed by atoms with Gasteiger partial charge in [0.2, 0.25) is 5.56 Å². The Morgan fingerprint density at radius 3 is 2.55 bits per heavy atom. The highest BCUT2D eigenvalue weighted by Gasteiger charge is 2.40. The Morgan fingerprint density at radius 1 is 1.40 bits per heavy atom. The Morgan fingerprint density at radius 2 is 2.05 bits per heavy atom. The number of rotatable bonds is 3. The fraction of sp³-hybridized carbons (Fsp3) is 0.500. The van der Waals surface area contributed by atoms with Crippen LogP contribution in [0.4, 0.5) is 0 Å². The van der Waals surface area contributed by atoms with E-state index in [1.165, 1.54) is 12.3 Å². The van der Waals surface area contributed by atoms with Crippen LogP contribution in [0.2, 0.25) is 0 Å². The Kier molecular flexibility index (Phi) is 3.92. The first-order valence-corrected chi connectivity index (χ1v) is 6.70. The lowest BCUT2D eigenvalue weighted by Crippen LogP contribution is -2.46. The first-order chi connectivity index (χ1) is 9.48. The van der Waals surface area contributed by atoms with Crippen molar-refractivity contribution in [2.75, 3.05) is 13.1 Å². The molecule has 1 amide bonds. The van der Waals surface area contributed by atoms with Gasteiger partial charge in [-0.25, -0.2) is 0 Å². The van der Waals surface area contributed by atoms with E-state index in [0.717, 1.165) is 0 Å². The number of carboxylic acid groups (broad SMARTS) is 1. The summed E-state index contributed by atoms with van der Waals surface area (Å²) < 4.78 is 0. The minimum absolute atomic E-state index is 0.216. The molecule has 0 spiro atoms. The summed E-state index contributed by atoms with van der Waals surface area (Å²) in [7, 11) is 0. The van der Waals surface area contributed by atoms with Crippen molar-refractivity contribution in [3.05, 3.63) is 34.2 Å². The van der Waals surface area contributed by atoms with E-state index < -0.39 is 11.4 Å². The maximum Gasteiger partial charge on any atom is 0.309 e. The van der Waals surface area contributed by atoms with Gasteiger partial charge in [-0.1, -0.05) is 6.92 Å². The van der Waals surface area contributed by atoms with Gasteiger partial charge in [0.25, 0.3) is 5.91 Å². The van der Waals surface area contributed by atoms with Gasteiger partial charge in [-0.2, -0.15) is 0 Å². The van der Waals surface area contributed by atoms with Gasteiger partial charge < -0.3 is 15.0 Å². The summed E-state index contributed by atoms with van der Waals surface area (Å²) in [5.41, 5.74) is -0.695. The zero-order valence-corrected chi connectivity index (χ0v) is 11.4. The summed E-state index contributed by atoms with van der Waals surface area (Å²) >= 11 is 0. The van der Waals surface area contributed by atoms with Crippen molar-refractivity contribution in [3.8, 4) is 0 Å². The number of amides is 1. The molecule has 1 fully saturated rings. The highest BCUT2D eigenvalue weighted by atomic mass is 16.4. The quantitative estimate of drug-likeness (QED) is 0.866. The summed E-state index contributed by atoms with van der Waals surface area (Å²) in [5.74, 6) is -1.01. The van der Waals surface area contributed by atoms with E-state index in [2.05, 4.69) is 4.98 Å². The fourth-order valence-electron chi connectivity index (χ4n) is 2.62. The number of carbonyl (C=O) groups is 2. The van der Waals surface area contributed by atoms with Gasteiger partial charge in [0.05, 0.1) is 5.41 Å². The molecule has 6 heteroatoms. The molecule has 2 heterocycles. The predicted octanol–water partition coefficient (Wildman–Crippen LogP) is 1.09. The number of likely N-dealkylation sites (tertiary alicyclic amines) is 1. The zero-order chi connectivity index (χ0) is 14.8. The van der Waals surface area contributed by atoms with E-state index in [-0.39, 0.29) is 11.5 Å². The van der Waals surface area contributed by atoms with Crippen LogP contribution in [-0.4, -0.2) is 40.0 Å². The van der Waals surface area contributed by atoms with E-state index in [0.29, 0.717) is 37.9 Å². The number of nitrogens with zero attached hydrogens (tertiary/aromatic N) is 1. The van der Waals surface area contributed by atoms with E-state index in [1.807, 2.05) is 6.92 Å². The van der Waals surface area contributed by atoms with Crippen LogP contribution >= 0.6 is 0 Å². The lowest BCUT2D eigenvalue weighted by atomic mass is 9.76. The molecule has 0 radical (unpaired) electrons. The molecular formula is C14H18N2O4. The molecule has 108 valence electrons. The van der Waals surface area contributed by atoms with E-state index in [4.69, 9.17) is 0 Å². The van der Waals surface area contributed by atoms with Gasteiger partial charge >= 0.3 is 5.97 Å². The Labute approximate surface area is 116 Å². The number of carboxylic acids is 1. The number of nitrogens with one attached hydrogen (secondary N) is 1. The van der Waals surface area contributed by atoms with Crippen molar-refractivity contribution in [1.82, 2.24) is 9.88 Å². The van der Waals surface area contributed by atoms with Crippen molar-refractivity contribution < 1.29 is 14.7 Å². The second-order valence-electron chi connectivity index (χ2n) is 5.17. The topological polar surface area (TPSA) is 90.5 Å². The maximum atomic E-state index is 12.2. The molecule has 1 aliphatic heterocycles. The molecule has 0 bridgehead atoms.